The van der Waals surface area contributed by atoms with Crippen LogP contribution in [0.1, 0.15) is 50.3 Å². The summed E-state index contributed by atoms with van der Waals surface area (Å²) in [5, 5.41) is 28.5. The maximum atomic E-state index is 10.3. The molecule has 2 aromatic carbocycles. The number of carboxylic acid groups (broad SMARTS) is 2. The molecule has 2 unspecified atom stereocenters. The third-order valence-corrected chi connectivity index (χ3v) is 4.96. The van der Waals surface area contributed by atoms with Crippen LogP contribution in [0.25, 0.3) is 0 Å². The highest BCUT2D eigenvalue weighted by molar-refractivity contribution is 9.10. The van der Waals surface area contributed by atoms with Crippen LogP contribution in [0.2, 0.25) is 0 Å². The van der Waals surface area contributed by atoms with E-state index in [0.717, 1.165) is 16.6 Å². The highest BCUT2D eigenvalue weighted by atomic mass is 79.9. The van der Waals surface area contributed by atoms with Crippen molar-refractivity contribution in [3.05, 3.63) is 64.1 Å². The normalized spacial score (nSPS) is 12.5. The molecule has 0 spiro atoms. The molecular weight excluding hydrogens is 466 g/mol. The molecule has 2 atom stereocenters. The summed E-state index contributed by atoms with van der Waals surface area (Å²) in [5.74, 6) is -2.39. The second-order valence-electron chi connectivity index (χ2n) is 7.19. The van der Waals surface area contributed by atoms with Gasteiger partial charge in [-0.1, -0.05) is 67.0 Å². The predicted octanol–water partition coefficient (Wildman–Crippen LogP) is 4.21. The van der Waals surface area contributed by atoms with Crippen molar-refractivity contribution >= 4 is 27.9 Å². The minimum absolute atomic E-state index is 0.228. The van der Waals surface area contributed by atoms with Crippen molar-refractivity contribution in [1.29, 1.82) is 0 Å². The van der Waals surface area contributed by atoms with E-state index in [1.165, 1.54) is 11.1 Å². The summed E-state index contributed by atoms with van der Waals surface area (Å²) < 4.78 is 6.92. The van der Waals surface area contributed by atoms with Gasteiger partial charge in [-0.3, -0.25) is 0 Å². The summed E-state index contributed by atoms with van der Waals surface area (Å²) in [5.41, 5.74) is 2.40. The molecule has 0 aromatic heterocycles. The van der Waals surface area contributed by atoms with Crippen LogP contribution in [-0.2, 0) is 9.59 Å². The number of hydrogen-bond acceptors (Lipinski definition) is 5. The van der Waals surface area contributed by atoms with Crippen molar-refractivity contribution in [2.45, 2.75) is 45.3 Å². The lowest BCUT2D eigenvalue weighted by molar-refractivity contribution is -0.159. The molecule has 0 radical (unpaired) electrons. The van der Waals surface area contributed by atoms with Crippen molar-refractivity contribution < 1.29 is 29.6 Å². The van der Waals surface area contributed by atoms with Gasteiger partial charge in [-0.15, -0.1) is 0 Å². The smallest absolute Gasteiger partial charge is 0.414 e. The number of aliphatic hydroxyl groups is 1. The van der Waals surface area contributed by atoms with E-state index in [-0.39, 0.29) is 12.6 Å². The van der Waals surface area contributed by atoms with E-state index in [9.17, 15) is 5.11 Å². The Labute approximate surface area is 191 Å². The van der Waals surface area contributed by atoms with Crippen LogP contribution in [-0.4, -0.2) is 46.5 Å². The molecule has 0 saturated heterocycles. The molecule has 0 heterocycles. The Kier molecular flexibility index (Phi) is 11.8. The minimum Gasteiger partial charge on any atom is -0.491 e. The molecule has 7 nitrogen and oxygen atoms in total. The van der Waals surface area contributed by atoms with Gasteiger partial charge in [0.25, 0.3) is 0 Å². The molecule has 0 aliphatic heterocycles. The van der Waals surface area contributed by atoms with Crippen LogP contribution >= 0.6 is 15.9 Å². The fourth-order valence-electron chi connectivity index (χ4n) is 2.81. The molecule has 0 fully saturated rings. The van der Waals surface area contributed by atoms with Crippen molar-refractivity contribution in [3.8, 4) is 5.75 Å². The van der Waals surface area contributed by atoms with Crippen LogP contribution < -0.4 is 10.1 Å². The van der Waals surface area contributed by atoms with Crippen LogP contribution in [0.4, 0.5) is 0 Å². The molecule has 2 rings (SSSR count). The molecule has 0 bridgehead atoms. The van der Waals surface area contributed by atoms with Gasteiger partial charge in [0.05, 0.1) is 0 Å². The molecule has 0 aliphatic carbocycles. The standard InChI is InChI=1S/C21H28BrNO2.C2H2O4/c1-4-20(16-9-11-17(22)12-10-16)23-13-18(24)14-25-21-8-6-5-7-19(21)15(2)3;3-1(4)2(5)6/h5-12,15,18,20,23-24H,4,13-14H2,1-3H3;(H,3,4)(H,5,6). The van der Waals surface area contributed by atoms with Gasteiger partial charge in [-0.2, -0.15) is 0 Å². The lowest BCUT2D eigenvalue weighted by Crippen LogP contribution is -2.33. The van der Waals surface area contributed by atoms with Crippen LogP contribution in [0.5, 0.6) is 5.75 Å². The van der Waals surface area contributed by atoms with E-state index >= 15 is 0 Å². The second kappa shape index (κ2) is 13.8. The van der Waals surface area contributed by atoms with Crippen LogP contribution in [0.3, 0.4) is 0 Å². The first-order valence-corrected chi connectivity index (χ1v) is 10.8. The molecule has 31 heavy (non-hydrogen) atoms. The van der Waals surface area contributed by atoms with Gasteiger partial charge in [0, 0.05) is 17.1 Å². The first-order chi connectivity index (χ1) is 14.6. The zero-order valence-corrected chi connectivity index (χ0v) is 19.5. The maximum absolute atomic E-state index is 10.3. The second-order valence-corrected chi connectivity index (χ2v) is 8.10. The van der Waals surface area contributed by atoms with Gasteiger partial charge in [0.1, 0.15) is 18.5 Å². The Balaban J connectivity index is 0.000000703. The fraction of sp³-hybridized carbons (Fsp3) is 0.391. The number of aliphatic carboxylic acids is 2. The Morgan fingerprint density at radius 3 is 2.13 bits per heavy atom. The summed E-state index contributed by atoms with van der Waals surface area (Å²) in [4.78, 5) is 18.2. The first kappa shape index (κ1) is 26.6. The third-order valence-electron chi connectivity index (χ3n) is 4.44. The van der Waals surface area contributed by atoms with Crippen molar-refractivity contribution in [2.75, 3.05) is 13.2 Å². The van der Waals surface area contributed by atoms with E-state index in [4.69, 9.17) is 24.5 Å². The summed E-state index contributed by atoms with van der Waals surface area (Å²) >= 11 is 3.46. The summed E-state index contributed by atoms with van der Waals surface area (Å²) in [6.45, 7) is 7.21. The predicted molar refractivity (Wildman–Crippen MR) is 122 cm³/mol. The number of benzene rings is 2. The molecular formula is C23H30BrNO6. The van der Waals surface area contributed by atoms with Crippen LogP contribution in [0.15, 0.2) is 53.0 Å². The number of nitrogens with one attached hydrogen (secondary N) is 1. The lowest BCUT2D eigenvalue weighted by atomic mass is 10.0. The Morgan fingerprint density at radius 1 is 1.03 bits per heavy atom. The van der Waals surface area contributed by atoms with Gasteiger partial charge in [0.15, 0.2) is 0 Å². The largest absolute Gasteiger partial charge is 0.491 e. The highest BCUT2D eigenvalue weighted by Gasteiger charge is 2.13. The SMILES string of the molecule is CCC(NCC(O)COc1ccccc1C(C)C)c1ccc(Br)cc1.O=C(O)C(=O)O. The molecule has 0 amide bonds. The Morgan fingerprint density at radius 2 is 1.61 bits per heavy atom. The monoisotopic (exact) mass is 495 g/mol. The summed E-state index contributed by atoms with van der Waals surface area (Å²) in [7, 11) is 0. The quantitative estimate of drug-likeness (QED) is 0.385. The van der Waals surface area contributed by atoms with Crippen LogP contribution in [0, 0.1) is 0 Å². The number of para-hydroxylation sites is 1. The fourth-order valence-corrected chi connectivity index (χ4v) is 3.07. The minimum atomic E-state index is -1.82. The number of aliphatic hydroxyl groups excluding tert-OH is 1. The Hall–Kier alpha value is -2.42. The third kappa shape index (κ3) is 9.95. The Bertz CT molecular complexity index is 813. The number of rotatable bonds is 9. The van der Waals surface area contributed by atoms with Gasteiger partial charge >= 0.3 is 11.9 Å². The molecule has 0 aliphatic rings. The van der Waals surface area contributed by atoms with E-state index in [0.29, 0.717) is 12.5 Å². The van der Waals surface area contributed by atoms with Gasteiger partial charge in [-0.25, -0.2) is 9.59 Å². The molecule has 4 N–H and O–H groups in total. The van der Waals surface area contributed by atoms with E-state index in [1.807, 2.05) is 30.3 Å². The lowest BCUT2D eigenvalue weighted by Gasteiger charge is -2.21. The number of carbonyl (C=O) groups is 2. The molecule has 2 aromatic rings. The first-order valence-electron chi connectivity index (χ1n) is 10.0. The number of halogens is 1. The summed E-state index contributed by atoms with van der Waals surface area (Å²) in [6.07, 6.45) is 0.412. The van der Waals surface area contributed by atoms with Crippen molar-refractivity contribution in [2.24, 2.45) is 0 Å². The van der Waals surface area contributed by atoms with Crippen molar-refractivity contribution in [1.82, 2.24) is 5.32 Å². The maximum Gasteiger partial charge on any atom is 0.414 e. The topological polar surface area (TPSA) is 116 Å². The molecule has 170 valence electrons. The summed E-state index contributed by atoms with van der Waals surface area (Å²) in [6, 6.07) is 16.5. The van der Waals surface area contributed by atoms with E-state index in [2.05, 4.69) is 60.2 Å². The average Bonchev–Trinajstić information content (AvgIpc) is 2.74. The van der Waals surface area contributed by atoms with E-state index < -0.39 is 18.0 Å². The van der Waals surface area contributed by atoms with Crippen molar-refractivity contribution in [3.63, 3.8) is 0 Å². The average molecular weight is 496 g/mol. The van der Waals surface area contributed by atoms with E-state index in [1.54, 1.807) is 0 Å². The molecule has 8 heteroatoms. The zero-order valence-electron chi connectivity index (χ0n) is 17.9. The highest BCUT2D eigenvalue weighted by Crippen LogP contribution is 2.26. The zero-order chi connectivity index (χ0) is 23.4. The number of carboxylic acids is 2. The molecule has 0 saturated carbocycles. The number of ether oxygens (including phenoxy) is 1. The number of hydrogen-bond donors (Lipinski definition) is 4. The van der Waals surface area contributed by atoms with Gasteiger partial charge in [-0.05, 0) is 41.7 Å². The van der Waals surface area contributed by atoms with Gasteiger partial charge in [0.2, 0.25) is 0 Å². The van der Waals surface area contributed by atoms with Gasteiger partial charge < -0.3 is 25.4 Å².